The molecule has 0 saturated carbocycles. The van der Waals surface area contributed by atoms with Crippen molar-refractivity contribution in [3.05, 3.63) is 45.6 Å². The smallest absolute Gasteiger partial charge is 0.277 e. The molecule has 1 N–H and O–H groups in total. The largest absolute Gasteiger partial charge is 0.383 e. The average molecular weight is 506 g/mol. The number of fused-ring (bicyclic) bond motifs is 1. The van der Waals surface area contributed by atoms with Crippen molar-refractivity contribution in [3.63, 3.8) is 0 Å². The van der Waals surface area contributed by atoms with Crippen LogP contribution in [0.1, 0.15) is 44.3 Å². The Morgan fingerprint density at radius 2 is 1.74 bits per heavy atom. The number of aromatic nitrogens is 4. The van der Waals surface area contributed by atoms with E-state index in [1.54, 1.807) is 22.7 Å². The van der Waals surface area contributed by atoms with E-state index in [1.165, 1.54) is 18.5 Å². The van der Waals surface area contributed by atoms with Crippen molar-refractivity contribution in [2.24, 2.45) is 0 Å². The van der Waals surface area contributed by atoms with Crippen molar-refractivity contribution in [1.29, 1.82) is 0 Å². The molecule has 2 aromatic heterocycles. The van der Waals surface area contributed by atoms with Crippen LogP contribution in [0.5, 0.6) is 0 Å². The van der Waals surface area contributed by atoms with Gasteiger partial charge in [0.25, 0.3) is 5.56 Å². The Balaban J connectivity index is 2.17. The molecule has 0 aliphatic rings. The van der Waals surface area contributed by atoms with Crippen LogP contribution in [0.4, 0.5) is 0 Å². The Kier molecular flexibility index (Phi) is 9.17. The minimum absolute atomic E-state index is 0.119. The summed E-state index contributed by atoms with van der Waals surface area (Å²) in [7, 11) is -0.780. The summed E-state index contributed by atoms with van der Waals surface area (Å²) in [6.07, 6.45) is 2.79. The van der Waals surface area contributed by atoms with Gasteiger partial charge in [-0.2, -0.15) is 4.31 Å². The van der Waals surface area contributed by atoms with Crippen LogP contribution in [0, 0.1) is 0 Å². The lowest BCUT2D eigenvalue weighted by molar-refractivity contribution is 0.150. The van der Waals surface area contributed by atoms with Crippen LogP contribution < -0.4 is 5.56 Å². The summed E-state index contributed by atoms with van der Waals surface area (Å²) in [5.74, 6) is 1.04. The number of hydrogen-bond acceptors (Lipinski definition) is 7. The molecule has 0 fully saturated rings. The Morgan fingerprint density at radius 1 is 1.06 bits per heavy atom. The number of rotatable bonds is 13. The van der Waals surface area contributed by atoms with Crippen molar-refractivity contribution >= 4 is 15.5 Å². The van der Waals surface area contributed by atoms with Gasteiger partial charge in [0.15, 0.2) is 11.3 Å². The number of H-pyrrole nitrogens is 1. The highest BCUT2D eigenvalue weighted by molar-refractivity contribution is 7.89. The van der Waals surface area contributed by atoms with Gasteiger partial charge >= 0.3 is 0 Å². The molecule has 2 heterocycles. The van der Waals surface area contributed by atoms with Gasteiger partial charge in [0, 0.05) is 39.3 Å². The van der Waals surface area contributed by atoms with Crippen LogP contribution in [0.15, 0.2) is 27.9 Å². The zero-order chi connectivity index (χ0) is 25.6. The van der Waals surface area contributed by atoms with Gasteiger partial charge in [0.1, 0.15) is 5.82 Å². The Hall–Kier alpha value is -2.60. The molecule has 11 heteroatoms. The maximum Gasteiger partial charge on any atom is 0.277 e. The van der Waals surface area contributed by atoms with Gasteiger partial charge in [-0.25, -0.2) is 17.9 Å². The second kappa shape index (κ2) is 11.9. The first-order valence-electron chi connectivity index (χ1n) is 11.9. The lowest BCUT2D eigenvalue weighted by atomic mass is 10.0. The molecule has 3 rings (SSSR count). The van der Waals surface area contributed by atoms with Crippen molar-refractivity contribution < 1.29 is 17.9 Å². The Bertz CT molecular complexity index is 1310. The van der Waals surface area contributed by atoms with E-state index < -0.39 is 10.0 Å². The number of aryl methyl sites for hydroxylation is 3. The van der Waals surface area contributed by atoms with Gasteiger partial charge in [-0.3, -0.25) is 4.79 Å². The molecule has 35 heavy (non-hydrogen) atoms. The molecule has 0 atom stereocenters. The summed E-state index contributed by atoms with van der Waals surface area (Å²) < 4.78 is 40.2. The molecule has 0 aliphatic heterocycles. The standard InChI is InChI=1S/C24H35N5O5S/c1-6-9-21-25-20(8-3)22-24(30)26-23(27-29(21)22)19-16-18(11-10-17(19)7-2)35(31,32)28(12-14-33-4)13-15-34-5/h10-11,16H,6-9,12-15H2,1-5H3,(H,26,27,30). The molecular weight excluding hydrogens is 470 g/mol. The topological polar surface area (TPSA) is 119 Å². The Labute approximate surface area is 206 Å². The zero-order valence-electron chi connectivity index (χ0n) is 21.1. The van der Waals surface area contributed by atoms with Crippen molar-refractivity contribution in [2.75, 3.05) is 40.5 Å². The SMILES string of the molecule is CCCc1nc(CC)c2c(=O)[nH]c(-c3cc(S(=O)(=O)N(CCOC)CCOC)ccc3CC)nn12. The van der Waals surface area contributed by atoms with Gasteiger partial charge in [-0.15, -0.1) is 5.10 Å². The highest BCUT2D eigenvalue weighted by Gasteiger charge is 2.26. The fraction of sp³-hybridized carbons (Fsp3) is 0.542. The summed E-state index contributed by atoms with van der Waals surface area (Å²) in [5, 5.41) is 4.72. The molecule has 0 bridgehead atoms. The van der Waals surface area contributed by atoms with Gasteiger partial charge in [-0.1, -0.05) is 26.8 Å². The predicted molar refractivity (Wildman–Crippen MR) is 134 cm³/mol. The quantitative estimate of drug-likeness (QED) is 0.379. The molecule has 0 spiro atoms. The first-order valence-corrected chi connectivity index (χ1v) is 13.4. The summed E-state index contributed by atoms with van der Waals surface area (Å²) in [6.45, 7) is 6.88. The van der Waals surface area contributed by atoms with Gasteiger partial charge in [-0.05, 0) is 37.0 Å². The summed E-state index contributed by atoms with van der Waals surface area (Å²) in [6, 6.07) is 4.95. The average Bonchev–Trinajstić information content (AvgIpc) is 3.21. The highest BCUT2D eigenvalue weighted by atomic mass is 32.2. The van der Waals surface area contributed by atoms with Gasteiger partial charge in [0.2, 0.25) is 10.0 Å². The number of nitrogens with zero attached hydrogens (tertiary/aromatic N) is 4. The third-order valence-corrected chi connectivity index (χ3v) is 7.79. The molecule has 10 nitrogen and oxygen atoms in total. The van der Waals surface area contributed by atoms with Crippen LogP contribution >= 0.6 is 0 Å². The number of nitrogens with one attached hydrogen (secondary N) is 1. The second-order valence-corrected chi connectivity index (χ2v) is 10.1. The number of imidazole rings is 1. The van der Waals surface area contributed by atoms with E-state index in [9.17, 15) is 13.2 Å². The van der Waals surface area contributed by atoms with E-state index in [0.29, 0.717) is 41.9 Å². The fourth-order valence-corrected chi connectivity index (χ4v) is 5.45. The van der Waals surface area contributed by atoms with Gasteiger partial charge < -0.3 is 14.5 Å². The van der Waals surface area contributed by atoms with Crippen LogP contribution in [0.25, 0.3) is 16.9 Å². The van der Waals surface area contributed by atoms with Crippen LogP contribution in [0.2, 0.25) is 0 Å². The minimum Gasteiger partial charge on any atom is -0.383 e. The number of aromatic amines is 1. The normalized spacial score (nSPS) is 12.2. The monoisotopic (exact) mass is 505 g/mol. The lowest BCUT2D eigenvalue weighted by Gasteiger charge is -2.22. The highest BCUT2D eigenvalue weighted by Crippen LogP contribution is 2.26. The molecule has 0 radical (unpaired) electrons. The van der Waals surface area contributed by atoms with Crippen LogP contribution in [0.3, 0.4) is 0 Å². The third kappa shape index (κ3) is 5.64. The summed E-state index contributed by atoms with van der Waals surface area (Å²) in [5.41, 5.74) is 2.29. The van der Waals surface area contributed by atoms with Crippen LogP contribution in [-0.2, 0) is 38.8 Å². The summed E-state index contributed by atoms with van der Waals surface area (Å²) >= 11 is 0. The molecule has 3 aromatic rings. The molecule has 0 saturated heterocycles. The van der Waals surface area contributed by atoms with E-state index >= 15 is 0 Å². The van der Waals surface area contributed by atoms with Crippen LogP contribution in [-0.4, -0.2) is 72.8 Å². The minimum atomic E-state index is -3.84. The molecular formula is C24H35N5O5S. The maximum atomic E-state index is 13.5. The van der Waals surface area contributed by atoms with Crippen molar-refractivity contribution in [2.45, 2.75) is 51.3 Å². The van der Waals surface area contributed by atoms with Crippen molar-refractivity contribution in [1.82, 2.24) is 23.9 Å². The second-order valence-electron chi connectivity index (χ2n) is 8.20. The zero-order valence-corrected chi connectivity index (χ0v) is 21.9. The molecule has 1 aromatic carbocycles. The van der Waals surface area contributed by atoms with Gasteiger partial charge in [0.05, 0.1) is 23.8 Å². The van der Waals surface area contributed by atoms with E-state index in [4.69, 9.17) is 14.6 Å². The van der Waals surface area contributed by atoms with E-state index in [0.717, 1.165) is 17.8 Å². The molecule has 192 valence electrons. The number of hydrogen-bond donors (Lipinski definition) is 1. The molecule has 0 aliphatic carbocycles. The number of sulfonamides is 1. The Morgan fingerprint density at radius 3 is 2.31 bits per heavy atom. The molecule has 0 amide bonds. The van der Waals surface area contributed by atoms with E-state index in [-0.39, 0.29) is 36.8 Å². The molecule has 0 unspecified atom stereocenters. The summed E-state index contributed by atoms with van der Waals surface area (Å²) in [4.78, 5) is 20.7. The first kappa shape index (κ1) is 27.0. The maximum absolute atomic E-state index is 13.5. The predicted octanol–water partition coefficient (Wildman–Crippen LogP) is 2.45. The number of methoxy groups -OCH3 is 2. The first-order chi connectivity index (χ1) is 16.8. The third-order valence-electron chi connectivity index (χ3n) is 5.89. The van der Waals surface area contributed by atoms with Crippen molar-refractivity contribution in [3.8, 4) is 11.4 Å². The number of ether oxygens (including phenoxy) is 2. The number of benzene rings is 1. The van der Waals surface area contributed by atoms with E-state index in [1.807, 2.05) is 20.8 Å². The lowest BCUT2D eigenvalue weighted by Crippen LogP contribution is -2.36. The van der Waals surface area contributed by atoms with E-state index in [2.05, 4.69) is 9.97 Å². The fourth-order valence-electron chi connectivity index (χ4n) is 4.02.